The average Bonchev–Trinajstić information content (AvgIpc) is 3.35. The van der Waals surface area contributed by atoms with E-state index in [9.17, 15) is 0 Å². The van der Waals surface area contributed by atoms with Gasteiger partial charge in [0.1, 0.15) is 0 Å². The van der Waals surface area contributed by atoms with Crippen molar-refractivity contribution in [2.45, 2.75) is 44.2 Å². The summed E-state index contributed by atoms with van der Waals surface area (Å²) in [6, 6.07) is 2.05. The fourth-order valence-electron chi connectivity index (χ4n) is 3.05. The van der Waals surface area contributed by atoms with Crippen molar-refractivity contribution in [1.82, 2.24) is 25.0 Å². The molecule has 24 heavy (non-hydrogen) atoms. The van der Waals surface area contributed by atoms with E-state index >= 15 is 0 Å². The predicted molar refractivity (Wildman–Crippen MR) is 86.8 cm³/mol. The molecule has 0 bridgehead atoms. The number of nitrogens with one attached hydrogen (secondary N) is 1. The van der Waals surface area contributed by atoms with E-state index in [1.807, 2.05) is 0 Å². The van der Waals surface area contributed by atoms with Crippen molar-refractivity contribution < 1.29 is 9.26 Å². The topological polar surface area (TPSA) is 89.2 Å². The van der Waals surface area contributed by atoms with Crippen molar-refractivity contribution in [2.75, 3.05) is 25.5 Å². The van der Waals surface area contributed by atoms with Crippen LogP contribution in [0.25, 0.3) is 0 Å². The normalized spacial score (nSPS) is 21.6. The van der Waals surface area contributed by atoms with Crippen molar-refractivity contribution in [2.24, 2.45) is 0 Å². The molecule has 1 saturated heterocycles. The Labute approximate surface area is 140 Å². The van der Waals surface area contributed by atoms with E-state index in [0.717, 1.165) is 44.2 Å². The van der Waals surface area contributed by atoms with E-state index in [2.05, 4.69) is 30.3 Å². The maximum absolute atomic E-state index is 5.34. The lowest BCUT2D eigenvalue weighted by Crippen LogP contribution is -2.42. The Bertz CT molecular complexity index is 687. The van der Waals surface area contributed by atoms with Crippen LogP contribution in [0.15, 0.2) is 16.8 Å². The highest BCUT2D eigenvalue weighted by Crippen LogP contribution is 2.38. The smallest absolute Gasteiger partial charge is 0.229 e. The lowest BCUT2D eigenvalue weighted by molar-refractivity contribution is 0.201. The zero-order chi connectivity index (χ0) is 16.4. The summed E-state index contributed by atoms with van der Waals surface area (Å²) < 4.78 is 10.5. The molecule has 1 saturated carbocycles. The first-order valence-corrected chi connectivity index (χ1v) is 8.48. The van der Waals surface area contributed by atoms with Crippen molar-refractivity contribution in [3.8, 4) is 5.88 Å². The van der Waals surface area contributed by atoms with Crippen LogP contribution in [0.2, 0.25) is 0 Å². The lowest BCUT2D eigenvalue weighted by Gasteiger charge is -2.32. The van der Waals surface area contributed by atoms with Crippen LogP contribution in [0.3, 0.4) is 0 Å². The minimum atomic E-state index is 0.306. The monoisotopic (exact) mass is 330 g/mol. The van der Waals surface area contributed by atoms with Crippen LogP contribution in [0.5, 0.6) is 5.88 Å². The number of aromatic nitrogens is 4. The second kappa shape index (κ2) is 6.72. The van der Waals surface area contributed by atoms with Crippen molar-refractivity contribution in [3.05, 3.63) is 24.0 Å². The molecule has 4 rings (SSSR count). The van der Waals surface area contributed by atoms with Crippen molar-refractivity contribution >= 4 is 5.95 Å². The minimum absolute atomic E-state index is 0.306. The van der Waals surface area contributed by atoms with Gasteiger partial charge in [0.25, 0.3) is 0 Å². The molecule has 0 aromatic carbocycles. The lowest BCUT2D eigenvalue weighted by atomic mass is 10.1. The van der Waals surface area contributed by atoms with E-state index in [1.165, 1.54) is 12.8 Å². The summed E-state index contributed by atoms with van der Waals surface area (Å²) in [5.74, 6) is 3.28. The van der Waals surface area contributed by atoms with Gasteiger partial charge >= 0.3 is 0 Å². The summed E-state index contributed by atoms with van der Waals surface area (Å²) in [5.41, 5.74) is 0. The van der Waals surface area contributed by atoms with Gasteiger partial charge in [-0.3, -0.25) is 4.90 Å². The minimum Gasteiger partial charge on any atom is -0.481 e. The number of hydrogen-bond donors (Lipinski definition) is 1. The van der Waals surface area contributed by atoms with Crippen LogP contribution >= 0.6 is 0 Å². The molecule has 3 heterocycles. The van der Waals surface area contributed by atoms with Crippen LogP contribution in [0, 0.1) is 0 Å². The van der Waals surface area contributed by atoms with Crippen LogP contribution in [0.1, 0.15) is 43.3 Å². The first-order valence-electron chi connectivity index (χ1n) is 8.48. The van der Waals surface area contributed by atoms with Gasteiger partial charge in [-0.1, -0.05) is 5.16 Å². The highest BCUT2D eigenvalue weighted by Gasteiger charge is 2.30. The molecule has 1 aliphatic heterocycles. The number of piperidine rings is 1. The molecule has 1 N–H and O–H groups in total. The second-order valence-corrected chi connectivity index (χ2v) is 6.46. The number of nitrogens with zero attached hydrogens (tertiary/aromatic N) is 5. The third-order valence-electron chi connectivity index (χ3n) is 4.45. The van der Waals surface area contributed by atoms with E-state index in [0.29, 0.717) is 23.8 Å². The molecule has 8 heteroatoms. The molecule has 2 fully saturated rings. The maximum Gasteiger partial charge on any atom is 0.229 e. The fourth-order valence-corrected chi connectivity index (χ4v) is 3.05. The van der Waals surface area contributed by atoms with E-state index < -0.39 is 0 Å². The van der Waals surface area contributed by atoms with E-state index in [1.54, 1.807) is 19.4 Å². The molecule has 0 radical (unpaired) electrons. The Balaban J connectivity index is 1.34. The SMILES string of the molecule is COc1ccnc(NC2CCCN(Cc3noc(C4CC4)n3)C2)n1. The first-order chi connectivity index (χ1) is 11.8. The summed E-state index contributed by atoms with van der Waals surface area (Å²) in [6.07, 6.45) is 6.27. The number of hydrogen-bond acceptors (Lipinski definition) is 8. The summed E-state index contributed by atoms with van der Waals surface area (Å²) >= 11 is 0. The highest BCUT2D eigenvalue weighted by molar-refractivity contribution is 5.29. The quantitative estimate of drug-likeness (QED) is 0.858. The van der Waals surface area contributed by atoms with Gasteiger partial charge in [-0.2, -0.15) is 9.97 Å². The Morgan fingerprint density at radius 1 is 1.33 bits per heavy atom. The third kappa shape index (κ3) is 3.64. The summed E-state index contributed by atoms with van der Waals surface area (Å²) in [6.45, 7) is 2.69. The van der Waals surface area contributed by atoms with Gasteiger partial charge in [-0.05, 0) is 32.2 Å². The molecular weight excluding hydrogens is 308 g/mol. The Morgan fingerprint density at radius 2 is 2.25 bits per heavy atom. The Morgan fingerprint density at radius 3 is 3.08 bits per heavy atom. The van der Waals surface area contributed by atoms with Crippen molar-refractivity contribution in [1.29, 1.82) is 0 Å². The van der Waals surface area contributed by atoms with E-state index in [4.69, 9.17) is 9.26 Å². The largest absolute Gasteiger partial charge is 0.481 e. The Kier molecular flexibility index (Phi) is 4.29. The van der Waals surface area contributed by atoms with Gasteiger partial charge in [0, 0.05) is 30.8 Å². The molecule has 1 unspecified atom stereocenters. The number of ether oxygens (including phenoxy) is 1. The van der Waals surface area contributed by atoms with Gasteiger partial charge < -0.3 is 14.6 Å². The first kappa shape index (κ1) is 15.3. The zero-order valence-electron chi connectivity index (χ0n) is 13.8. The fraction of sp³-hybridized carbons (Fsp3) is 0.625. The second-order valence-electron chi connectivity index (χ2n) is 6.46. The highest BCUT2D eigenvalue weighted by atomic mass is 16.5. The number of rotatable bonds is 6. The number of methoxy groups -OCH3 is 1. The zero-order valence-corrected chi connectivity index (χ0v) is 13.8. The van der Waals surface area contributed by atoms with Gasteiger partial charge in [0.05, 0.1) is 13.7 Å². The van der Waals surface area contributed by atoms with Crippen LogP contribution in [-0.2, 0) is 6.54 Å². The molecule has 0 amide bonds. The third-order valence-corrected chi connectivity index (χ3v) is 4.45. The molecule has 128 valence electrons. The van der Waals surface area contributed by atoms with Gasteiger partial charge in [0.2, 0.25) is 17.7 Å². The maximum atomic E-state index is 5.34. The predicted octanol–water partition coefficient (Wildman–Crippen LogP) is 1.82. The molecular formula is C16H22N6O2. The molecule has 1 atom stereocenters. The van der Waals surface area contributed by atoms with Crippen LogP contribution < -0.4 is 10.1 Å². The molecule has 8 nitrogen and oxygen atoms in total. The molecule has 2 aliphatic rings. The Hall–Kier alpha value is -2.22. The number of likely N-dealkylation sites (tertiary alicyclic amines) is 1. The summed E-state index contributed by atoms with van der Waals surface area (Å²) in [5, 5.41) is 7.51. The van der Waals surface area contributed by atoms with Crippen LogP contribution in [0.4, 0.5) is 5.95 Å². The summed E-state index contributed by atoms with van der Waals surface area (Å²) in [7, 11) is 1.61. The molecule has 0 spiro atoms. The van der Waals surface area contributed by atoms with E-state index in [-0.39, 0.29) is 0 Å². The molecule has 1 aliphatic carbocycles. The molecule has 2 aromatic rings. The van der Waals surface area contributed by atoms with Crippen LogP contribution in [-0.4, -0.2) is 51.2 Å². The standard InChI is InChI=1S/C16H22N6O2/c1-23-14-6-7-17-16(20-14)18-12-3-2-8-22(9-12)10-13-19-15(24-21-13)11-4-5-11/h6-7,11-12H,2-5,8-10H2,1H3,(H,17,18,20). The van der Waals surface area contributed by atoms with Gasteiger partial charge in [-0.15, -0.1) is 0 Å². The van der Waals surface area contributed by atoms with Gasteiger partial charge in [-0.25, -0.2) is 4.98 Å². The van der Waals surface area contributed by atoms with Crippen molar-refractivity contribution in [3.63, 3.8) is 0 Å². The summed E-state index contributed by atoms with van der Waals surface area (Å²) in [4.78, 5) is 15.4. The molecule has 2 aromatic heterocycles. The van der Waals surface area contributed by atoms with Gasteiger partial charge in [0.15, 0.2) is 5.82 Å². The average molecular weight is 330 g/mol. The number of anilines is 1.